The summed E-state index contributed by atoms with van der Waals surface area (Å²) < 4.78 is 45.4. The van der Waals surface area contributed by atoms with Crippen LogP contribution in [-0.2, 0) is 14.8 Å². The highest BCUT2D eigenvalue weighted by molar-refractivity contribution is 7.89. The van der Waals surface area contributed by atoms with E-state index in [1.165, 1.54) is 12.1 Å². The summed E-state index contributed by atoms with van der Waals surface area (Å²) in [4.78, 5) is -0.323. The Bertz CT molecular complexity index is 542. The Labute approximate surface area is 112 Å². The summed E-state index contributed by atoms with van der Waals surface area (Å²) >= 11 is 0. The smallest absolute Gasteiger partial charge is 0.243 e. The van der Waals surface area contributed by atoms with Crippen LogP contribution in [0.1, 0.15) is 5.56 Å². The van der Waals surface area contributed by atoms with Gasteiger partial charge in [0.15, 0.2) is 0 Å². The lowest BCUT2D eigenvalue weighted by molar-refractivity contribution is 0.0324. The Balaban J connectivity index is 2.07. The number of rotatable bonds is 4. The molecule has 1 aromatic carbocycles. The molecule has 106 valence electrons. The summed E-state index contributed by atoms with van der Waals surface area (Å²) in [6.07, 6.45) is -0.226. The molecular weight excluding hydrogens is 271 g/mol. The van der Waals surface area contributed by atoms with E-state index in [1.54, 1.807) is 6.92 Å². The highest BCUT2D eigenvalue weighted by Crippen LogP contribution is 2.15. The van der Waals surface area contributed by atoms with E-state index in [4.69, 9.17) is 4.74 Å². The number of sulfonamides is 1. The lowest BCUT2D eigenvalue weighted by Gasteiger charge is -2.23. The van der Waals surface area contributed by atoms with Crippen LogP contribution in [0.3, 0.4) is 0 Å². The Kier molecular flexibility index (Phi) is 4.51. The maximum atomic E-state index is 13.6. The molecule has 1 heterocycles. The minimum absolute atomic E-state index is 0.128. The summed E-state index contributed by atoms with van der Waals surface area (Å²) in [7, 11) is -3.85. The lowest BCUT2D eigenvalue weighted by Crippen LogP contribution is -2.45. The molecule has 1 fully saturated rings. The summed E-state index contributed by atoms with van der Waals surface area (Å²) in [5, 5.41) is 3.10. The van der Waals surface area contributed by atoms with Crippen molar-refractivity contribution < 1.29 is 17.5 Å². The van der Waals surface area contributed by atoms with Gasteiger partial charge in [-0.1, -0.05) is 6.07 Å². The largest absolute Gasteiger partial charge is 0.374 e. The van der Waals surface area contributed by atoms with Crippen molar-refractivity contribution >= 4 is 10.0 Å². The number of halogens is 1. The molecule has 0 amide bonds. The van der Waals surface area contributed by atoms with Crippen molar-refractivity contribution in [2.75, 3.05) is 26.2 Å². The van der Waals surface area contributed by atoms with Gasteiger partial charge in [-0.05, 0) is 24.6 Å². The fraction of sp³-hybridized carbons (Fsp3) is 0.500. The van der Waals surface area contributed by atoms with Crippen LogP contribution < -0.4 is 10.0 Å². The number of morpholine rings is 1. The second-order valence-electron chi connectivity index (χ2n) is 4.48. The van der Waals surface area contributed by atoms with E-state index >= 15 is 0 Å². The van der Waals surface area contributed by atoms with Gasteiger partial charge in [0, 0.05) is 19.6 Å². The highest BCUT2D eigenvalue weighted by Gasteiger charge is 2.21. The Hall–Kier alpha value is -1.02. The van der Waals surface area contributed by atoms with E-state index in [0.29, 0.717) is 18.7 Å². The van der Waals surface area contributed by atoms with E-state index in [9.17, 15) is 12.8 Å². The minimum atomic E-state index is -3.85. The van der Waals surface area contributed by atoms with Gasteiger partial charge in [-0.15, -0.1) is 0 Å². The first-order chi connectivity index (χ1) is 8.99. The van der Waals surface area contributed by atoms with Gasteiger partial charge < -0.3 is 10.1 Å². The van der Waals surface area contributed by atoms with Crippen LogP contribution in [0, 0.1) is 12.7 Å². The molecular formula is C12H17FN2O3S. The zero-order chi connectivity index (χ0) is 13.9. The van der Waals surface area contributed by atoms with E-state index in [1.807, 2.05) is 0 Å². The quantitative estimate of drug-likeness (QED) is 0.841. The van der Waals surface area contributed by atoms with Gasteiger partial charge in [0.2, 0.25) is 10.0 Å². The Morgan fingerprint density at radius 3 is 3.00 bits per heavy atom. The van der Waals surface area contributed by atoms with E-state index < -0.39 is 15.8 Å². The van der Waals surface area contributed by atoms with Crippen LogP contribution in [0.2, 0.25) is 0 Å². The van der Waals surface area contributed by atoms with Gasteiger partial charge in [0.1, 0.15) is 10.7 Å². The van der Waals surface area contributed by atoms with Crippen molar-refractivity contribution in [2.24, 2.45) is 0 Å². The molecule has 0 bridgehead atoms. The van der Waals surface area contributed by atoms with Crippen molar-refractivity contribution in [3.05, 3.63) is 29.6 Å². The summed E-state index contributed by atoms with van der Waals surface area (Å²) in [5.74, 6) is -0.749. The number of benzene rings is 1. The fourth-order valence-corrected chi connectivity index (χ4v) is 3.07. The van der Waals surface area contributed by atoms with E-state index in [0.717, 1.165) is 12.6 Å². The van der Waals surface area contributed by atoms with Crippen LogP contribution in [-0.4, -0.2) is 40.8 Å². The predicted octanol–water partition coefficient (Wildman–Crippen LogP) is 0.401. The third kappa shape index (κ3) is 3.73. The van der Waals surface area contributed by atoms with E-state index in [-0.39, 0.29) is 17.5 Å². The molecule has 1 unspecified atom stereocenters. The van der Waals surface area contributed by atoms with Crippen LogP contribution >= 0.6 is 0 Å². The van der Waals surface area contributed by atoms with Crippen LogP contribution in [0.15, 0.2) is 23.1 Å². The molecule has 7 heteroatoms. The third-order valence-electron chi connectivity index (χ3n) is 2.88. The van der Waals surface area contributed by atoms with Gasteiger partial charge in [-0.25, -0.2) is 17.5 Å². The maximum Gasteiger partial charge on any atom is 0.243 e. The first-order valence-corrected chi connectivity index (χ1v) is 7.55. The summed E-state index contributed by atoms with van der Waals surface area (Å²) in [6.45, 7) is 3.73. The molecule has 0 radical (unpaired) electrons. The second kappa shape index (κ2) is 5.96. The Morgan fingerprint density at radius 2 is 2.32 bits per heavy atom. The molecule has 19 heavy (non-hydrogen) atoms. The molecule has 1 aliphatic rings. The molecule has 0 saturated carbocycles. The summed E-state index contributed by atoms with van der Waals surface area (Å²) in [6, 6.07) is 4.00. The topological polar surface area (TPSA) is 67.4 Å². The summed E-state index contributed by atoms with van der Waals surface area (Å²) in [5.41, 5.74) is 0.692. The van der Waals surface area contributed by atoms with Crippen LogP contribution in [0.25, 0.3) is 0 Å². The molecule has 1 saturated heterocycles. The molecule has 0 aliphatic carbocycles. The number of hydrogen-bond acceptors (Lipinski definition) is 4. The Morgan fingerprint density at radius 1 is 1.53 bits per heavy atom. The number of hydrogen-bond donors (Lipinski definition) is 2. The van der Waals surface area contributed by atoms with Crippen molar-refractivity contribution in [3.63, 3.8) is 0 Å². The highest BCUT2D eigenvalue weighted by atomic mass is 32.2. The zero-order valence-corrected chi connectivity index (χ0v) is 11.5. The van der Waals surface area contributed by atoms with E-state index in [2.05, 4.69) is 10.0 Å². The maximum absolute atomic E-state index is 13.6. The van der Waals surface area contributed by atoms with Crippen molar-refractivity contribution in [1.29, 1.82) is 0 Å². The molecule has 1 atom stereocenters. The van der Waals surface area contributed by atoms with Gasteiger partial charge in [-0.2, -0.15) is 0 Å². The van der Waals surface area contributed by atoms with Gasteiger partial charge in [0.05, 0.1) is 12.7 Å². The average molecular weight is 288 g/mol. The molecule has 1 aromatic rings. The third-order valence-corrected chi connectivity index (χ3v) is 4.32. The number of ether oxygens (including phenoxy) is 1. The van der Waals surface area contributed by atoms with Crippen molar-refractivity contribution in [3.8, 4) is 0 Å². The number of aryl methyl sites for hydroxylation is 1. The second-order valence-corrected chi connectivity index (χ2v) is 6.22. The van der Waals surface area contributed by atoms with Gasteiger partial charge >= 0.3 is 0 Å². The van der Waals surface area contributed by atoms with Crippen LogP contribution in [0.5, 0.6) is 0 Å². The van der Waals surface area contributed by atoms with Crippen molar-refractivity contribution in [2.45, 2.75) is 17.9 Å². The van der Waals surface area contributed by atoms with Gasteiger partial charge in [-0.3, -0.25) is 0 Å². The molecule has 0 spiro atoms. The predicted molar refractivity (Wildman–Crippen MR) is 68.9 cm³/mol. The zero-order valence-electron chi connectivity index (χ0n) is 10.6. The average Bonchev–Trinajstić information content (AvgIpc) is 2.40. The van der Waals surface area contributed by atoms with Crippen molar-refractivity contribution in [1.82, 2.24) is 10.0 Å². The van der Waals surface area contributed by atoms with Crippen LogP contribution in [0.4, 0.5) is 4.39 Å². The SMILES string of the molecule is Cc1ccc(F)c(S(=O)(=O)NCC2CNCCO2)c1. The van der Waals surface area contributed by atoms with Gasteiger partial charge in [0.25, 0.3) is 0 Å². The minimum Gasteiger partial charge on any atom is -0.374 e. The monoisotopic (exact) mass is 288 g/mol. The first kappa shape index (κ1) is 14.4. The molecule has 2 N–H and O–H groups in total. The fourth-order valence-electron chi connectivity index (χ4n) is 1.85. The first-order valence-electron chi connectivity index (χ1n) is 6.07. The standard InChI is InChI=1S/C12H17FN2O3S/c1-9-2-3-11(13)12(6-9)19(16,17)15-8-10-7-14-4-5-18-10/h2-3,6,10,14-15H,4-5,7-8H2,1H3. The lowest BCUT2D eigenvalue weighted by atomic mass is 10.2. The molecule has 0 aromatic heterocycles. The molecule has 1 aliphatic heterocycles. The number of nitrogens with one attached hydrogen (secondary N) is 2. The molecule has 5 nitrogen and oxygen atoms in total. The normalized spacial score (nSPS) is 20.4. The molecule has 2 rings (SSSR count).